The van der Waals surface area contributed by atoms with Gasteiger partial charge in [0, 0.05) is 17.8 Å². The van der Waals surface area contributed by atoms with Gasteiger partial charge in [0.1, 0.15) is 0 Å². The van der Waals surface area contributed by atoms with Crippen molar-refractivity contribution in [3.63, 3.8) is 0 Å². The Hall–Kier alpha value is -2.62. The minimum atomic E-state index is -0.919. The van der Waals surface area contributed by atoms with Crippen LogP contribution < -0.4 is 4.90 Å². The van der Waals surface area contributed by atoms with Crippen molar-refractivity contribution in [3.05, 3.63) is 65.7 Å². The van der Waals surface area contributed by atoms with Gasteiger partial charge >= 0.3 is 5.97 Å². The zero-order valence-electron chi connectivity index (χ0n) is 12.7. The van der Waals surface area contributed by atoms with Gasteiger partial charge in [-0.05, 0) is 31.2 Å². The summed E-state index contributed by atoms with van der Waals surface area (Å²) in [6.07, 6.45) is 0. The van der Waals surface area contributed by atoms with Gasteiger partial charge in [-0.1, -0.05) is 42.8 Å². The summed E-state index contributed by atoms with van der Waals surface area (Å²) < 4.78 is 0. The minimum absolute atomic E-state index is 0.131. The van der Waals surface area contributed by atoms with E-state index in [0.29, 0.717) is 11.3 Å². The maximum absolute atomic E-state index is 12.7. The number of benzene rings is 2. The summed E-state index contributed by atoms with van der Waals surface area (Å²) in [6.45, 7) is 3.68. The number of aliphatic carboxylic acids is 1. The van der Waals surface area contributed by atoms with E-state index in [0.717, 1.165) is 5.56 Å². The molecule has 0 aliphatic rings. The third-order valence-corrected chi connectivity index (χ3v) is 3.49. The smallest absolute Gasteiger partial charge is 0.308 e. The Bertz CT molecular complexity index is 650. The maximum Gasteiger partial charge on any atom is 0.308 e. The fourth-order valence-electron chi connectivity index (χ4n) is 2.12. The van der Waals surface area contributed by atoms with Crippen molar-refractivity contribution in [1.29, 1.82) is 0 Å². The summed E-state index contributed by atoms with van der Waals surface area (Å²) in [5.74, 6) is -1.76. The van der Waals surface area contributed by atoms with E-state index in [2.05, 4.69) is 0 Å². The fraction of sp³-hybridized carbons (Fsp3) is 0.222. The van der Waals surface area contributed by atoms with Crippen molar-refractivity contribution in [3.8, 4) is 0 Å². The average Bonchev–Trinajstić information content (AvgIpc) is 2.53. The second-order valence-corrected chi connectivity index (χ2v) is 5.36. The van der Waals surface area contributed by atoms with Crippen LogP contribution in [0.1, 0.15) is 22.8 Å². The van der Waals surface area contributed by atoms with Crippen LogP contribution in [0.25, 0.3) is 0 Å². The quantitative estimate of drug-likeness (QED) is 0.920. The molecule has 0 radical (unpaired) electrons. The molecule has 0 fully saturated rings. The van der Waals surface area contributed by atoms with E-state index in [1.807, 2.05) is 37.3 Å². The first-order valence-corrected chi connectivity index (χ1v) is 7.15. The summed E-state index contributed by atoms with van der Waals surface area (Å²) in [5.41, 5.74) is 2.31. The van der Waals surface area contributed by atoms with E-state index in [1.54, 1.807) is 31.2 Å². The Morgan fingerprint density at radius 3 is 2.18 bits per heavy atom. The number of nitrogens with zero attached hydrogens (tertiary/aromatic N) is 1. The number of carboxylic acid groups (broad SMARTS) is 1. The van der Waals surface area contributed by atoms with Crippen LogP contribution >= 0.6 is 0 Å². The molecular weight excluding hydrogens is 278 g/mol. The van der Waals surface area contributed by atoms with Gasteiger partial charge in [0.2, 0.25) is 0 Å². The second kappa shape index (κ2) is 6.89. The number of amides is 1. The van der Waals surface area contributed by atoms with Crippen molar-refractivity contribution in [2.24, 2.45) is 5.92 Å². The van der Waals surface area contributed by atoms with Crippen LogP contribution in [0.5, 0.6) is 0 Å². The number of para-hydroxylation sites is 1. The first-order chi connectivity index (χ1) is 10.5. The molecule has 0 saturated heterocycles. The first kappa shape index (κ1) is 15.8. The van der Waals surface area contributed by atoms with Gasteiger partial charge in [0.15, 0.2) is 0 Å². The highest BCUT2D eigenvalue weighted by atomic mass is 16.4. The van der Waals surface area contributed by atoms with Crippen LogP contribution in [0, 0.1) is 12.8 Å². The van der Waals surface area contributed by atoms with Gasteiger partial charge in [-0.3, -0.25) is 9.59 Å². The number of carboxylic acids is 1. The highest BCUT2D eigenvalue weighted by Crippen LogP contribution is 2.19. The Kier molecular flexibility index (Phi) is 4.94. The van der Waals surface area contributed by atoms with Crippen molar-refractivity contribution >= 4 is 17.6 Å². The number of anilines is 1. The van der Waals surface area contributed by atoms with Gasteiger partial charge in [-0.25, -0.2) is 0 Å². The summed E-state index contributed by atoms with van der Waals surface area (Å²) >= 11 is 0. The molecule has 4 heteroatoms. The molecule has 0 aliphatic heterocycles. The molecule has 0 bridgehead atoms. The van der Waals surface area contributed by atoms with Crippen LogP contribution in [-0.2, 0) is 4.79 Å². The standard InChI is InChI=1S/C18H19NO3/c1-13-8-10-15(11-9-13)17(20)19(12-14(2)18(21)22)16-6-4-3-5-7-16/h3-11,14H,12H2,1-2H3,(H,21,22). The molecule has 0 aromatic heterocycles. The van der Waals surface area contributed by atoms with Gasteiger partial charge < -0.3 is 10.0 Å². The molecule has 4 nitrogen and oxygen atoms in total. The zero-order valence-corrected chi connectivity index (χ0v) is 12.7. The van der Waals surface area contributed by atoms with Crippen LogP contribution in [0.15, 0.2) is 54.6 Å². The first-order valence-electron chi connectivity index (χ1n) is 7.15. The van der Waals surface area contributed by atoms with Gasteiger partial charge in [0.25, 0.3) is 5.91 Å². The molecule has 2 rings (SSSR count). The predicted molar refractivity (Wildman–Crippen MR) is 86.1 cm³/mol. The summed E-state index contributed by atoms with van der Waals surface area (Å²) in [7, 11) is 0. The molecule has 0 spiro atoms. The summed E-state index contributed by atoms with van der Waals surface area (Å²) in [5, 5.41) is 9.13. The number of hydrogen-bond donors (Lipinski definition) is 1. The number of hydrogen-bond acceptors (Lipinski definition) is 2. The molecule has 0 saturated carbocycles. The van der Waals surface area contributed by atoms with Crippen LogP contribution in [0.4, 0.5) is 5.69 Å². The molecule has 114 valence electrons. The number of aryl methyl sites for hydroxylation is 1. The Balaban J connectivity index is 2.33. The Morgan fingerprint density at radius 2 is 1.64 bits per heavy atom. The molecule has 2 aromatic carbocycles. The molecule has 2 aromatic rings. The third-order valence-electron chi connectivity index (χ3n) is 3.49. The highest BCUT2D eigenvalue weighted by molar-refractivity contribution is 6.06. The van der Waals surface area contributed by atoms with Crippen LogP contribution in [0.2, 0.25) is 0 Å². The van der Waals surface area contributed by atoms with Gasteiger partial charge in [0.05, 0.1) is 5.92 Å². The van der Waals surface area contributed by atoms with Crippen LogP contribution in [-0.4, -0.2) is 23.5 Å². The van der Waals surface area contributed by atoms with E-state index in [1.165, 1.54) is 4.90 Å². The Morgan fingerprint density at radius 1 is 1.05 bits per heavy atom. The second-order valence-electron chi connectivity index (χ2n) is 5.36. The predicted octanol–water partition coefficient (Wildman–Crippen LogP) is 3.36. The van der Waals surface area contributed by atoms with E-state index in [-0.39, 0.29) is 12.5 Å². The molecule has 1 unspecified atom stereocenters. The van der Waals surface area contributed by atoms with E-state index < -0.39 is 11.9 Å². The van der Waals surface area contributed by atoms with Gasteiger partial charge in [-0.2, -0.15) is 0 Å². The lowest BCUT2D eigenvalue weighted by Gasteiger charge is -2.25. The highest BCUT2D eigenvalue weighted by Gasteiger charge is 2.22. The van der Waals surface area contributed by atoms with Crippen molar-refractivity contribution in [2.45, 2.75) is 13.8 Å². The molecule has 0 heterocycles. The molecule has 1 N–H and O–H groups in total. The lowest BCUT2D eigenvalue weighted by molar-refractivity contribution is -0.140. The molecule has 22 heavy (non-hydrogen) atoms. The van der Waals surface area contributed by atoms with E-state index in [4.69, 9.17) is 5.11 Å². The summed E-state index contributed by atoms with van der Waals surface area (Å²) in [6, 6.07) is 16.4. The topological polar surface area (TPSA) is 57.6 Å². The van der Waals surface area contributed by atoms with E-state index in [9.17, 15) is 9.59 Å². The van der Waals surface area contributed by atoms with Crippen molar-refractivity contribution in [2.75, 3.05) is 11.4 Å². The zero-order chi connectivity index (χ0) is 16.1. The minimum Gasteiger partial charge on any atom is -0.481 e. The molecule has 1 amide bonds. The normalized spacial score (nSPS) is 11.7. The lowest BCUT2D eigenvalue weighted by atomic mass is 10.1. The number of rotatable bonds is 5. The van der Waals surface area contributed by atoms with Crippen molar-refractivity contribution in [1.82, 2.24) is 0 Å². The Labute approximate surface area is 130 Å². The van der Waals surface area contributed by atoms with Crippen LogP contribution in [0.3, 0.4) is 0 Å². The molecular formula is C18H19NO3. The van der Waals surface area contributed by atoms with Crippen molar-refractivity contribution < 1.29 is 14.7 Å². The number of carbonyl (C=O) groups is 2. The lowest BCUT2D eigenvalue weighted by Crippen LogP contribution is -2.37. The largest absolute Gasteiger partial charge is 0.481 e. The van der Waals surface area contributed by atoms with Gasteiger partial charge in [-0.15, -0.1) is 0 Å². The molecule has 0 aliphatic carbocycles. The van der Waals surface area contributed by atoms with E-state index >= 15 is 0 Å². The fourth-order valence-corrected chi connectivity index (χ4v) is 2.12. The number of carbonyl (C=O) groups excluding carboxylic acids is 1. The SMILES string of the molecule is Cc1ccc(C(=O)N(CC(C)C(=O)O)c2ccccc2)cc1. The third kappa shape index (κ3) is 3.73. The maximum atomic E-state index is 12.7. The molecule has 1 atom stereocenters. The average molecular weight is 297 g/mol. The monoisotopic (exact) mass is 297 g/mol. The summed E-state index contributed by atoms with van der Waals surface area (Å²) in [4.78, 5) is 25.4.